The lowest BCUT2D eigenvalue weighted by Crippen LogP contribution is -1.95. The molecular formula is C10H10BrNO2S. The Balaban J connectivity index is 2.42. The summed E-state index contributed by atoms with van der Waals surface area (Å²) in [6.45, 7) is 2.75. The third-order valence-electron chi connectivity index (χ3n) is 1.89. The van der Waals surface area contributed by atoms with Gasteiger partial charge < -0.3 is 9.15 Å². The number of halogens is 1. The number of aromatic nitrogens is 1. The number of fused-ring (bicyclic) bond motifs is 1. The molecule has 1 aromatic carbocycles. The summed E-state index contributed by atoms with van der Waals surface area (Å²) in [5, 5.41) is 0.365. The number of hydrogen-bond donors (Lipinski definition) is 1. The second-order valence-corrected chi connectivity index (χ2v) is 4.33. The Kier molecular flexibility index (Phi) is 3.21. The molecule has 80 valence electrons. The quantitative estimate of drug-likeness (QED) is 0.875. The van der Waals surface area contributed by atoms with E-state index in [-0.39, 0.29) is 0 Å². The van der Waals surface area contributed by atoms with Crippen molar-refractivity contribution in [2.24, 2.45) is 0 Å². The van der Waals surface area contributed by atoms with Crippen LogP contribution in [0.4, 0.5) is 0 Å². The maximum Gasteiger partial charge on any atom is 0.253 e. The summed E-state index contributed by atoms with van der Waals surface area (Å²) in [6, 6.07) is 3.69. The SMILES string of the molecule is CCCOc1cc2oc(S)nc2cc1Br. The fourth-order valence-corrected chi connectivity index (χ4v) is 1.89. The van der Waals surface area contributed by atoms with E-state index in [4.69, 9.17) is 9.15 Å². The number of hydrogen-bond acceptors (Lipinski definition) is 4. The first-order chi connectivity index (χ1) is 7.20. The number of rotatable bonds is 3. The molecule has 0 N–H and O–H groups in total. The molecule has 5 heteroatoms. The van der Waals surface area contributed by atoms with Gasteiger partial charge in [-0.15, -0.1) is 0 Å². The highest BCUT2D eigenvalue weighted by molar-refractivity contribution is 9.10. The van der Waals surface area contributed by atoms with E-state index in [1.807, 2.05) is 12.1 Å². The molecule has 0 amide bonds. The molecule has 0 fully saturated rings. The fourth-order valence-electron chi connectivity index (χ4n) is 1.24. The number of thiol groups is 1. The van der Waals surface area contributed by atoms with Crippen molar-refractivity contribution in [1.29, 1.82) is 0 Å². The summed E-state index contributed by atoms with van der Waals surface area (Å²) < 4.78 is 11.7. The number of benzene rings is 1. The Hall–Kier alpha value is -0.680. The molecular weight excluding hydrogens is 278 g/mol. The summed E-state index contributed by atoms with van der Waals surface area (Å²) >= 11 is 7.47. The highest BCUT2D eigenvalue weighted by atomic mass is 79.9. The van der Waals surface area contributed by atoms with E-state index < -0.39 is 0 Å². The molecule has 0 saturated heterocycles. The zero-order valence-electron chi connectivity index (χ0n) is 8.16. The Morgan fingerprint density at radius 2 is 2.33 bits per heavy atom. The molecule has 0 radical (unpaired) electrons. The lowest BCUT2D eigenvalue weighted by atomic mass is 10.3. The van der Waals surface area contributed by atoms with E-state index in [2.05, 4.69) is 40.5 Å². The van der Waals surface area contributed by atoms with Crippen LogP contribution < -0.4 is 4.74 Å². The van der Waals surface area contributed by atoms with Gasteiger partial charge in [-0.1, -0.05) is 19.6 Å². The van der Waals surface area contributed by atoms with Crippen molar-refractivity contribution in [3.63, 3.8) is 0 Å². The lowest BCUT2D eigenvalue weighted by Gasteiger charge is -2.05. The predicted molar refractivity (Wildman–Crippen MR) is 64.7 cm³/mol. The maximum absolute atomic E-state index is 5.54. The van der Waals surface area contributed by atoms with Gasteiger partial charge in [-0.3, -0.25) is 0 Å². The van der Waals surface area contributed by atoms with Gasteiger partial charge in [0.25, 0.3) is 5.22 Å². The average Bonchev–Trinajstić information content (AvgIpc) is 2.53. The van der Waals surface area contributed by atoms with Crippen LogP contribution in [0.1, 0.15) is 13.3 Å². The van der Waals surface area contributed by atoms with Crippen LogP contribution in [0, 0.1) is 0 Å². The van der Waals surface area contributed by atoms with Crippen LogP contribution in [-0.2, 0) is 0 Å². The first-order valence-corrected chi connectivity index (χ1v) is 5.86. The van der Waals surface area contributed by atoms with Crippen molar-refractivity contribution in [2.75, 3.05) is 6.61 Å². The van der Waals surface area contributed by atoms with Crippen molar-refractivity contribution >= 4 is 39.7 Å². The molecule has 0 unspecified atom stereocenters. The molecule has 0 bridgehead atoms. The predicted octanol–water partition coefficient (Wildman–Crippen LogP) is 3.67. The molecule has 2 aromatic rings. The van der Waals surface area contributed by atoms with Gasteiger partial charge >= 0.3 is 0 Å². The number of oxazole rings is 1. The molecule has 1 heterocycles. The summed E-state index contributed by atoms with van der Waals surface area (Å²) in [5.41, 5.74) is 1.46. The molecule has 2 rings (SSSR count). The van der Waals surface area contributed by atoms with Crippen molar-refractivity contribution in [1.82, 2.24) is 4.98 Å². The summed E-state index contributed by atoms with van der Waals surface area (Å²) in [7, 11) is 0. The number of nitrogens with zero attached hydrogens (tertiary/aromatic N) is 1. The highest BCUT2D eigenvalue weighted by Crippen LogP contribution is 2.31. The largest absolute Gasteiger partial charge is 0.492 e. The molecule has 0 aliphatic carbocycles. The van der Waals surface area contributed by atoms with Crippen molar-refractivity contribution in [2.45, 2.75) is 18.6 Å². The standard InChI is InChI=1S/C10H10BrNO2S/c1-2-3-13-8-5-9-7(4-6(8)11)12-10(15)14-9/h4-5H,2-3H2,1H3,(H,12,15). The molecule has 0 saturated carbocycles. The monoisotopic (exact) mass is 287 g/mol. The Labute approximate surface area is 101 Å². The third-order valence-corrected chi connectivity index (χ3v) is 2.70. The Morgan fingerprint density at radius 1 is 1.53 bits per heavy atom. The zero-order chi connectivity index (χ0) is 10.8. The fraction of sp³-hybridized carbons (Fsp3) is 0.300. The van der Waals surface area contributed by atoms with Crippen LogP contribution in [0.2, 0.25) is 0 Å². The highest BCUT2D eigenvalue weighted by Gasteiger charge is 2.08. The summed E-state index contributed by atoms with van der Waals surface area (Å²) in [4.78, 5) is 4.11. The molecule has 0 aliphatic rings. The topological polar surface area (TPSA) is 35.3 Å². The zero-order valence-corrected chi connectivity index (χ0v) is 10.6. The second-order valence-electron chi connectivity index (χ2n) is 3.10. The van der Waals surface area contributed by atoms with Gasteiger partial charge in [-0.05, 0) is 28.4 Å². The maximum atomic E-state index is 5.54. The van der Waals surface area contributed by atoms with Gasteiger partial charge in [0.2, 0.25) is 0 Å². The van der Waals surface area contributed by atoms with Gasteiger partial charge in [-0.25, -0.2) is 4.98 Å². The first kappa shape index (κ1) is 10.8. The number of ether oxygens (including phenoxy) is 1. The van der Waals surface area contributed by atoms with Crippen LogP contribution in [0.3, 0.4) is 0 Å². The molecule has 15 heavy (non-hydrogen) atoms. The van der Waals surface area contributed by atoms with Crippen LogP contribution >= 0.6 is 28.6 Å². The minimum Gasteiger partial charge on any atom is -0.492 e. The minimum absolute atomic E-state index is 0.365. The lowest BCUT2D eigenvalue weighted by molar-refractivity contribution is 0.315. The van der Waals surface area contributed by atoms with Crippen molar-refractivity contribution in [3.05, 3.63) is 16.6 Å². The molecule has 1 aromatic heterocycles. The van der Waals surface area contributed by atoms with E-state index in [0.29, 0.717) is 17.4 Å². The van der Waals surface area contributed by atoms with E-state index >= 15 is 0 Å². The van der Waals surface area contributed by atoms with E-state index in [1.54, 1.807) is 0 Å². The van der Waals surface area contributed by atoms with Gasteiger partial charge in [0.05, 0.1) is 11.1 Å². The van der Waals surface area contributed by atoms with E-state index in [0.717, 1.165) is 22.2 Å². The summed E-state index contributed by atoms with van der Waals surface area (Å²) in [6.07, 6.45) is 0.971. The van der Waals surface area contributed by atoms with Gasteiger partial charge in [0.1, 0.15) is 11.3 Å². The van der Waals surface area contributed by atoms with Crippen molar-refractivity contribution in [3.8, 4) is 5.75 Å². The molecule has 0 aliphatic heterocycles. The van der Waals surface area contributed by atoms with Crippen LogP contribution in [0.5, 0.6) is 5.75 Å². The first-order valence-electron chi connectivity index (χ1n) is 4.62. The average molecular weight is 288 g/mol. The van der Waals surface area contributed by atoms with Crippen LogP contribution in [-0.4, -0.2) is 11.6 Å². The minimum atomic E-state index is 0.365. The summed E-state index contributed by atoms with van der Waals surface area (Å²) in [5.74, 6) is 0.772. The van der Waals surface area contributed by atoms with Crippen molar-refractivity contribution < 1.29 is 9.15 Å². The van der Waals surface area contributed by atoms with Gasteiger partial charge in [0.15, 0.2) is 5.58 Å². The van der Waals surface area contributed by atoms with E-state index in [1.165, 1.54) is 0 Å². The Bertz CT molecular complexity index is 483. The molecule has 0 spiro atoms. The molecule has 0 atom stereocenters. The normalized spacial score (nSPS) is 10.9. The third kappa shape index (κ3) is 2.29. The Morgan fingerprint density at radius 3 is 3.07 bits per heavy atom. The smallest absolute Gasteiger partial charge is 0.253 e. The van der Waals surface area contributed by atoms with Crippen LogP contribution in [0.25, 0.3) is 11.1 Å². The molecule has 3 nitrogen and oxygen atoms in total. The second kappa shape index (κ2) is 4.45. The van der Waals surface area contributed by atoms with Crippen LogP contribution in [0.15, 0.2) is 26.2 Å². The van der Waals surface area contributed by atoms with E-state index in [9.17, 15) is 0 Å². The van der Waals surface area contributed by atoms with Gasteiger partial charge in [-0.2, -0.15) is 0 Å². The van der Waals surface area contributed by atoms with Gasteiger partial charge in [0, 0.05) is 6.07 Å².